The Kier molecular flexibility index (Phi) is 6.59. The summed E-state index contributed by atoms with van der Waals surface area (Å²) >= 11 is 0. The van der Waals surface area contributed by atoms with E-state index in [1.165, 1.54) is 10.6 Å². The van der Waals surface area contributed by atoms with Crippen LogP contribution in [0.4, 0.5) is 0 Å². The van der Waals surface area contributed by atoms with E-state index >= 15 is 0 Å². The average Bonchev–Trinajstić information content (AvgIpc) is 3.24. The highest BCUT2D eigenvalue weighted by atomic mass is 32.2. The van der Waals surface area contributed by atoms with Gasteiger partial charge in [-0.25, -0.2) is 13.4 Å². The number of methoxy groups -OCH3 is 1. The summed E-state index contributed by atoms with van der Waals surface area (Å²) in [7, 11) is -2.04. The second kappa shape index (κ2) is 8.96. The number of aromatic nitrogens is 2. The van der Waals surface area contributed by atoms with Crippen molar-refractivity contribution in [2.45, 2.75) is 44.3 Å². The summed E-state index contributed by atoms with van der Waals surface area (Å²) in [5.74, 6) is 0.468. The smallest absolute Gasteiger partial charge is 0.262 e. The van der Waals surface area contributed by atoms with Gasteiger partial charge in [0.15, 0.2) is 5.03 Å². The number of nitrogens with one attached hydrogen (secondary N) is 1. The van der Waals surface area contributed by atoms with E-state index in [2.05, 4.69) is 10.3 Å². The maximum atomic E-state index is 12.8. The largest absolute Gasteiger partial charge is 0.496 e. The Labute approximate surface area is 171 Å². The monoisotopic (exact) mass is 420 g/mol. The molecule has 1 fully saturated rings. The molecule has 0 spiro atoms. The highest BCUT2D eigenvalue weighted by Gasteiger charge is 2.33. The van der Waals surface area contributed by atoms with Crippen molar-refractivity contribution >= 4 is 15.9 Å². The molecule has 158 valence electrons. The summed E-state index contributed by atoms with van der Waals surface area (Å²) in [5.41, 5.74) is 0.907. The summed E-state index contributed by atoms with van der Waals surface area (Å²) < 4.78 is 34.1. The van der Waals surface area contributed by atoms with Gasteiger partial charge in [-0.15, -0.1) is 0 Å². The first-order valence-corrected chi connectivity index (χ1v) is 11.2. The number of carbonyl (C=O) groups is 1. The maximum Gasteiger partial charge on any atom is 0.262 e. The van der Waals surface area contributed by atoms with Crippen LogP contribution in [0.3, 0.4) is 0 Å². The molecule has 1 saturated heterocycles. The van der Waals surface area contributed by atoms with E-state index in [0.29, 0.717) is 32.5 Å². The molecule has 2 aromatic rings. The standard InChI is InChI=1S/C20H28N4O4S/c1-15(2)23-13-19(22-14-23)29(26,27)24-10-8-16(9-11-24)20(25)21-12-17-6-4-5-7-18(17)28-3/h4-7,13-16H,8-12H2,1-3H3,(H,21,25). The molecule has 3 rings (SSSR count). The number of ether oxygens (including phenoxy) is 1. The molecule has 1 aromatic heterocycles. The third-order valence-corrected chi connectivity index (χ3v) is 7.03. The number of hydrogen-bond donors (Lipinski definition) is 1. The van der Waals surface area contributed by atoms with E-state index < -0.39 is 10.0 Å². The molecule has 0 saturated carbocycles. The molecule has 1 aliphatic rings. The molecule has 0 atom stereocenters. The number of carbonyl (C=O) groups excluding carboxylic acids is 1. The molecular weight excluding hydrogens is 392 g/mol. The van der Waals surface area contributed by atoms with Crippen LogP contribution in [0, 0.1) is 5.92 Å². The van der Waals surface area contributed by atoms with Crippen molar-refractivity contribution < 1.29 is 17.9 Å². The number of imidazole rings is 1. The second-order valence-corrected chi connectivity index (χ2v) is 9.35. The molecule has 8 nitrogen and oxygen atoms in total. The van der Waals surface area contributed by atoms with Crippen molar-refractivity contribution in [1.82, 2.24) is 19.2 Å². The van der Waals surface area contributed by atoms with Crippen molar-refractivity contribution in [2.24, 2.45) is 5.92 Å². The van der Waals surface area contributed by atoms with Crippen LogP contribution in [0.15, 0.2) is 41.8 Å². The minimum Gasteiger partial charge on any atom is -0.496 e. The van der Waals surface area contributed by atoms with E-state index in [4.69, 9.17) is 4.74 Å². The third kappa shape index (κ3) is 4.79. The summed E-state index contributed by atoms with van der Waals surface area (Å²) in [6, 6.07) is 7.68. The highest BCUT2D eigenvalue weighted by molar-refractivity contribution is 7.89. The number of sulfonamides is 1. The molecule has 9 heteroatoms. The van der Waals surface area contributed by atoms with Crippen molar-refractivity contribution in [3.05, 3.63) is 42.4 Å². The molecule has 0 unspecified atom stereocenters. The Morgan fingerprint density at radius 2 is 1.97 bits per heavy atom. The topological polar surface area (TPSA) is 93.5 Å². The number of para-hydroxylation sites is 1. The minimum atomic E-state index is -3.63. The zero-order valence-electron chi connectivity index (χ0n) is 17.0. The summed E-state index contributed by atoms with van der Waals surface area (Å²) in [4.78, 5) is 16.6. The Bertz CT molecular complexity index is 947. The van der Waals surface area contributed by atoms with E-state index in [1.54, 1.807) is 17.9 Å². The van der Waals surface area contributed by atoms with Crippen LogP contribution in [-0.4, -0.2) is 48.4 Å². The quantitative estimate of drug-likeness (QED) is 0.741. The Morgan fingerprint density at radius 1 is 1.28 bits per heavy atom. The van der Waals surface area contributed by atoms with Gasteiger partial charge < -0.3 is 14.6 Å². The predicted octanol–water partition coefficient (Wildman–Crippen LogP) is 2.19. The van der Waals surface area contributed by atoms with Crippen molar-refractivity contribution in [3.63, 3.8) is 0 Å². The van der Waals surface area contributed by atoms with E-state index in [-0.39, 0.29) is 22.9 Å². The normalized spacial score (nSPS) is 16.1. The van der Waals surface area contributed by atoms with E-state index in [9.17, 15) is 13.2 Å². The fraction of sp³-hybridized carbons (Fsp3) is 0.500. The van der Waals surface area contributed by atoms with Crippen LogP contribution >= 0.6 is 0 Å². The summed E-state index contributed by atoms with van der Waals surface area (Å²) in [6.45, 7) is 4.93. The van der Waals surface area contributed by atoms with Crippen LogP contribution in [-0.2, 0) is 21.4 Å². The van der Waals surface area contributed by atoms with Crippen LogP contribution < -0.4 is 10.1 Å². The number of amides is 1. The number of rotatable bonds is 7. The van der Waals surface area contributed by atoms with Crippen molar-refractivity contribution in [2.75, 3.05) is 20.2 Å². The lowest BCUT2D eigenvalue weighted by atomic mass is 9.97. The van der Waals surface area contributed by atoms with Gasteiger partial charge in [-0.3, -0.25) is 4.79 Å². The highest BCUT2D eigenvalue weighted by Crippen LogP contribution is 2.24. The third-order valence-electron chi connectivity index (χ3n) is 5.25. The van der Waals surface area contributed by atoms with Crippen LogP contribution in [0.25, 0.3) is 0 Å². The molecule has 2 heterocycles. The molecular formula is C20H28N4O4S. The SMILES string of the molecule is COc1ccccc1CNC(=O)C1CCN(S(=O)(=O)c2cn(C(C)C)cn2)CC1. The number of hydrogen-bond acceptors (Lipinski definition) is 5. The first kappa shape index (κ1) is 21.3. The van der Waals surface area contributed by atoms with Gasteiger partial charge in [-0.2, -0.15) is 4.31 Å². The molecule has 0 aliphatic carbocycles. The number of nitrogens with zero attached hydrogens (tertiary/aromatic N) is 3. The Morgan fingerprint density at radius 3 is 2.59 bits per heavy atom. The number of benzene rings is 1. The molecule has 1 aromatic carbocycles. The zero-order valence-corrected chi connectivity index (χ0v) is 17.9. The van der Waals surface area contributed by atoms with Gasteiger partial charge in [0, 0.05) is 43.4 Å². The molecule has 1 amide bonds. The molecule has 1 aliphatic heterocycles. The maximum absolute atomic E-state index is 12.8. The first-order valence-electron chi connectivity index (χ1n) is 9.76. The zero-order chi connectivity index (χ0) is 21.0. The number of piperidine rings is 1. The van der Waals surface area contributed by atoms with Gasteiger partial charge in [0.25, 0.3) is 10.0 Å². The Hall–Kier alpha value is -2.39. The van der Waals surface area contributed by atoms with Crippen molar-refractivity contribution in [1.29, 1.82) is 0 Å². The summed E-state index contributed by atoms with van der Waals surface area (Å²) in [6.07, 6.45) is 4.07. The fourth-order valence-electron chi connectivity index (χ4n) is 3.40. The van der Waals surface area contributed by atoms with Gasteiger partial charge in [0.05, 0.1) is 13.4 Å². The van der Waals surface area contributed by atoms with Crippen LogP contribution in [0.5, 0.6) is 5.75 Å². The molecule has 0 radical (unpaired) electrons. The summed E-state index contributed by atoms with van der Waals surface area (Å²) in [5, 5.41) is 3.00. The fourth-order valence-corrected chi connectivity index (χ4v) is 4.79. The van der Waals surface area contributed by atoms with Crippen molar-refractivity contribution in [3.8, 4) is 5.75 Å². The molecule has 0 bridgehead atoms. The van der Waals surface area contributed by atoms with Gasteiger partial charge in [-0.1, -0.05) is 18.2 Å². The van der Waals surface area contributed by atoms with Crippen LogP contribution in [0.2, 0.25) is 0 Å². The van der Waals surface area contributed by atoms with Gasteiger partial charge in [0.2, 0.25) is 5.91 Å². The van der Waals surface area contributed by atoms with Gasteiger partial charge in [0.1, 0.15) is 5.75 Å². The predicted molar refractivity (Wildman–Crippen MR) is 109 cm³/mol. The first-order chi connectivity index (χ1) is 13.8. The van der Waals surface area contributed by atoms with Crippen LogP contribution in [0.1, 0.15) is 38.3 Å². The molecule has 1 N–H and O–H groups in total. The van der Waals surface area contributed by atoms with E-state index in [0.717, 1.165) is 11.3 Å². The minimum absolute atomic E-state index is 0.0583. The molecule has 29 heavy (non-hydrogen) atoms. The van der Waals surface area contributed by atoms with Gasteiger partial charge >= 0.3 is 0 Å². The van der Waals surface area contributed by atoms with Gasteiger partial charge in [-0.05, 0) is 32.8 Å². The van der Waals surface area contributed by atoms with E-state index in [1.807, 2.05) is 38.1 Å². The lowest BCUT2D eigenvalue weighted by Gasteiger charge is -2.30. The Balaban J connectivity index is 1.56. The lowest BCUT2D eigenvalue weighted by molar-refractivity contribution is -0.126. The average molecular weight is 421 g/mol. The lowest BCUT2D eigenvalue weighted by Crippen LogP contribution is -2.43. The second-order valence-electron chi connectivity index (χ2n) is 7.46.